The smallest absolute Gasteiger partial charge is 0.229 e. The Morgan fingerprint density at radius 1 is 1.21 bits per heavy atom. The molecule has 1 amide bonds. The molecule has 1 heterocycles. The van der Waals surface area contributed by atoms with Crippen LogP contribution in [0.15, 0.2) is 36.4 Å². The monoisotopic (exact) mass is 441 g/mol. The first-order chi connectivity index (χ1) is 13.1. The molecule has 2 aromatic carbocycles. The lowest BCUT2D eigenvalue weighted by molar-refractivity contribution is -0.116. The molecule has 3 rings (SSSR count). The number of aromatic hydroxyl groups is 2. The van der Waals surface area contributed by atoms with E-state index in [2.05, 4.69) is 10.0 Å². The van der Waals surface area contributed by atoms with Gasteiger partial charge in [-0.1, -0.05) is 0 Å². The van der Waals surface area contributed by atoms with Crippen LogP contribution in [0.3, 0.4) is 0 Å². The minimum Gasteiger partial charge on any atom is -0.504 e. The minimum atomic E-state index is -3.38. The summed E-state index contributed by atoms with van der Waals surface area (Å²) in [6.07, 6.45) is 1.79. The van der Waals surface area contributed by atoms with Crippen molar-refractivity contribution >= 4 is 39.7 Å². The van der Waals surface area contributed by atoms with Gasteiger partial charge in [0.2, 0.25) is 15.9 Å². The van der Waals surface area contributed by atoms with E-state index in [0.29, 0.717) is 30.9 Å². The fraction of sp³-hybridized carbons (Fsp3) is 0.316. The lowest BCUT2D eigenvalue weighted by Crippen LogP contribution is -2.41. The highest BCUT2D eigenvalue weighted by molar-refractivity contribution is 7.92. The maximum atomic E-state index is 12.3. The first kappa shape index (κ1) is 22.8. The van der Waals surface area contributed by atoms with Crippen LogP contribution >= 0.6 is 12.4 Å². The lowest BCUT2D eigenvalue weighted by atomic mass is 9.93. The van der Waals surface area contributed by atoms with Gasteiger partial charge in [0, 0.05) is 24.8 Å². The Balaban J connectivity index is 0.00000300. The van der Waals surface area contributed by atoms with Crippen molar-refractivity contribution in [3.05, 3.63) is 47.5 Å². The van der Waals surface area contributed by atoms with Crippen LogP contribution in [-0.2, 0) is 21.2 Å². The van der Waals surface area contributed by atoms with Crippen LogP contribution in [0.25, 0.3) is 0 Å². The summed E-state index contributed by atoms with van der Waals surface area (Å²) in [7, 11) is -3.38. The second-order valence-corrected chi connectivity index (χ2v) is 8.60. The molecule has 0 radical (unpaired) electrons. The largest absolute Gasteiger partial charge is 0.504 e. The predicted molar refractivity (Wildman–Crippen MR) is 114 cm³/mol. The summed E-state index contributed by atoms with van der Waals surface area (Å²) >= 11 is 0. The quantitative estimate of drug-likeness (QED) is 0.528. The number of amides is 1. The van der Waals surface area contributed by atoms with E-state index in [1.807, 2.05) is 0 Å². The number of benzene rings is 2. The lowest BCUT2D eigenvalue weighted by Gasteiger charge is -2.32. The molecule has 0 saturated carbocycles. The normalized spacial score (nSPS) is 15.7. The Morgan fingerprint density at radius 2 is 1.83 bits per heavy atom. The molecule has 8 nitrogen and oxygen atoms in total. The second-order valence-electron chi connectivity index (χ2n) is 6.85. The van der Waals surface area contributed by atoms with Crippen molar-refractivity contribution in [2.45, 2.75) is 19.4 Å². The van der Waals surface area contributed by atoms with Crippen LogP contribution in [0.1, 0.15) is 24.1 Å². The number of carbonyl (C=O) groups is 1. The predicted octanol–water partition coefficient (Wildman–Crippen LogP) is 2.13. The maximum Gasteiger partial charge on any atom is 0.229 e. The Morgan fingerprint density at radius 3 is 2.41 bits per heavy atom. The molecule has 2 aromatic rings. The van der Waals surface area contributed by atoms with Gasteiger partial charge in [-0.25, -0.2) is 8.42 Å². The third-order valence-corrected chi connectivity index (χ3v) is 5.23. The number of phenols is 2. The van der Waals surface area contributed by atoms with Crippen LogP contribution in [-0.4, -0.2) is 43.9 Å². The second kappa shape index (κ2) is 8.89. The van der Waals surface area contributed by atoms with E-state index in [0.717, 1.165) is 17.4 Å². The third-order valence-electron chi connectivity index (χ3n) is 4.62. The van der Waals surface area contributed by atoms with Crippen LogP contribution in [0.2, 0.25) is 0 Å². The molecule has 4 N–H and O–H groups in total. The van der Waals surface area contributed by atoms with Crippen LogP contribution in [0, 0.1) is 0 Å². The summed E-state index contributed by atoms with van der Waals surface area (Å²) < 4.78 is 25.1. The summed E-state index contributed by atoms with van der Waals surface area (Å²) in [5, 5.41) is 22.9. The number of phenolic OH excluding ortho intramolecular Hbond substituents is 2. The average Bonchev–Trinajstić information content (AvgIpc) is 2.60. The van der Waals surface area contributed by atoms with E-state index in [1.54, 1.807) is 35.2 Å². The highest BCUT2D eigenvalue weighted by Crippen LogP contribution is 2.34. The van der Waals surface area contributed by atoms with Crippen molar-refractivity contribution in [2.75, 3.05) is 29.0 Å². The van der Waals surface area contributed by atoms with E-state index < -0.39 is 10.0 Å². The van der Waals surface area contributed by atoms with Gasteiger partial charge in [0.25, 0.3) is 0 Å². The highest BCUT2D eigenvalue weighted by Gasteiger charge is 2.25. The molecule has 1 atom stereocenters. The van der Waals surface area contributed by atoms with E-state index in [1.165, 1.54) is 13.0 Å². The molecule has 0 bridgehead atoms. The van der Waals surface area contributed by atoms with E-state index in [9.17, 15) is 23.4 Å². The molecule has 158 valence electrons. The number of anilines is 2. The minimum absolute atomic E-state index is 0. The molecular formula is C19H24ClN3O5S. The fourth-order valence-electron chi connectivity index (χ4n) is 3.35. The van der Waals surface area contributed by atoms with Gasteiger partial charge in [0.1, 0.15) is 0 Å². The summed E-state index contributed by atoms with van der Waals surface area (Å²) in [6.45, 7) is 2.47. The van der Waals surface area contributed by atoms with Gasteiger partial charge in [-0.15, -0.1) is 12.4 Å². The fourth-order valence-corrected chi connectivity index (χ4v) is 3.92. The average molecular weight is 442 g/mol. The first-order valence-electron chi connectivity index (χ1n) is 8.78. The van der Waals surface area contributed by atoms with Crippen molar-refractivity contribution in [3.63, 3.8) is 0 Å². The van der Waals surface area contributed by atoms with Gasteiger partial charge < -0.3 is 20.4 Å². The number of halogens is 1. The molecule has 1 aliphatic heterocycles. The number of carbonyl (C=O) groups excluding carboxylic acids is 1. The molecule has 0 aliphatic carbocycles. The van der Waals surface area contributed by atoms with Gasteiger partial charge in [-0.2, -0.15) is 0 Å². The number of sulfonamides is 1. The van der Waals surface area contributed by atoms with Gasteiger partial charge in [0.15, 0.2) is 11.5 Å². The van der Waals surface area contributed by atoms with E-state index >= 15 is 0 Å². The molecule has 0 aromatic heterocycles. The first-order valence-corrected chi connectivity index (χ1v) is 10.7. The van der Waals surface area contributed by atoms with Crippen LogP contribution in [0.5, 0.6) is 11.5 Å². The Labute approximate surface area is 176 Å². The zero-order chi connectivity index (χ0) is 20.5. The molecule has 0 fully saturated rings. The molecule has 10 heteroatoms. The topological polar surface area (TPSA) is 119 Å². The highest BCUT2D eigenvalue weighted by atomic mass is 35.5. The number of rotatable bonds is 5. The van der Waals surface area contributed by atoms with Crippen LogP contribution in [0.4, 0.5) is 11.4 Å². The van der Waals surface area contributed by atoms with Crippen LogP contribution < -0.4 is 14.9 Å². The van der Waals surface area contributed by atoms with E-state index in [4.69, 9.17) is 0 Å². The zero-order valence-corrected chi connectivity index (χ0v) is 17.7. The van der Waals surface area contributed by atoms with Gasteiger partial charge >= 0.3 is 0 Å². The number of hydrogen-bond donors (Lipinski definition) is 4. The SMILES string of the molecule is CC(=O)N(CC1NCCc2cc(O)c(O)cc21)c1ccc(NS(C)(=O)=O)cc1.Cl. The van der Waals surface area contributed by atoms with Crippen molar-refractivity contribution in [2.24, 2.45) is 0 Å². The standard InChI is InChI=1S/C19H23N3O5S.ClH/c1-12(23)22(15-5-3-14(4-6-15)21-28(2,26)27)11-17-16-10-19(25)18(24)9-13(16)7-8-20-17;/h3-6,9-10,17,20-21,24-25H,7-8,11H2,1-2H3;1H. The van der Waals surface area contributed by atoms with Gasteiger partial charge in [-0.3, -0.25) is 9.52 Å². The molecule has 0 spiro atoms. The Bertz CT molecular complexity index is 996. The summed E-state index contributed by atoms with van der Waals surface area (Å²) in [5.41, 5.74) is 2.80. The Hall–Kier alpha value is -2.49. The zero-order valence-electron chi connectivity index (χ0n) is 16.0. The van der Waals surface area contributed by atoms with Gasteiger partial charge in [-0.05, 0) is 60.5 Å². The number of hydrogen-bond acceptors (Lipinski definition) is 6. The molecular weight excluding hydrogens is 418 g/mol. The maximum absolute atomic E-state index is 12.3. The van der Waals surface area contributed by atoms with Gasteiger partial charge in [0.05, 0.1) is 12.3 Å². The summed E-state index contributed by atoms with van der Waals surface area (Å²) in [6, 6.07) is 9.41. The third kappa shape index (κ3) is 5.53. The molecule has 1 aliphatic rings. The molecule has 1 unspecified atom stereocenters. The summed E-state index contributed by atoms with van der Waals surface area (Å²) in [4.78, 5) is 13.8. The molecule has 29 heavy (non-hydrogen) atoms. The Kier molecular flexibility index (Phi) is 6.99. The molecule has 0 saturated heterocycles. The number of nitrogens with one attached hydrogen (secondary N) is 2. The summed E-state index contributed by atoms with van der Waals surface area (Å²) in [5.74, 6) is -0.518. The number of fused-ring (bicyclic) bond motifs is 1. The van der Waals surface area contributed by atoms with Crippen molar-refractivity contribution in [3.8, 4) is 11.5 Å². The van der Waals surface area contributed by atoms with Crippen molar-refractivity contribution < 1.29 is 23.4 Å². The number of nitrogens with zero attached hydrogens (tertiary/aromatic N) is 1. The van der Waals surface area contributed by atoms with Crippen molar-refractivity contribution in [1.29, 1.82) is 0 Å². The van der Waals surface area contributed by atoms with Crippen molar-refractivity contribution in [1.82, 2.24) is 5.32 Å². The van der Waals surface area contributed by atoms with E-state index in [-0.39, 0.29) is 35.9 Å².